The third-order valence-corrected chi connectivity index (χ3v) is 2.96. The summed E-state index contributed by atoms with van der Waals surface area (Å²) in [7, 11) is -6.26. The van der Waals surface area contributed by atoms with Gasteiger partial charge in [0.15, 0.2) is 0 Å². The summed E-state index contributed by atoms with van der Waals surface area (Å²) in [4.78, 5) is 11.2. The number of alkyl halides is 4. The van der Waals surface area contributed by atoms with Gasteiger partial charge >= 0.3 is 27.3 Å². The van der Waals surface area contributed by atoms with Gasteiger partial charge in [-0.05, 0) is 20.8 Å². The van der Waals surface area contributed by atoms with E-state index in [1.165, 1.54) is 20.8 Å². The van der Waals surface area contributed by atoms with E-state index < -0.39 is 45.7 Å². The summed E-state index contributed by atoms with van der Waals surface area (Å²) >= 11 is 0. The summed E-state index contributed by atoms with van der Waals surface area (Å²) < 4.78 is 84.1. The van der Waals surface area contributed by atoms with Gasteiger partial charge in [0.2, 0.25) is 0 Å². The average molecular weight is 310 g/mol. The summed E-state index contributed by atoms with van der Waals surface area (Å²) in [5.74, 6) is -5.96. The quantitative estimate of drug-likeness (QED) is 0.478. The molecular weight excluding hydrogens is 296 g/mol. The lowest BCUT2D eigenvalue weighted by atomic mass is 9.97. The summed E-state index contributed by atoms with van der Waals surface area (Å²) in [6.07, 6.45) is -1.73. The molecule has 0 unspecified atom stereocenters. The first kappa shape index (κ1) is 18.1. The second-order valence-corrected chi connectivity index (χ2v) is 6.30. The van der Waals surface area contributed by atoms with Crippen LogP contribution >= 0.6 is 0 Å². The minimum absolute atomic E-state index is 0.904. The topological polar surface area (TPSA) is 80.7 Å². The number of carbonyl (C=O) groups excluding carboxylic acids is 1. The van der Waals surface area contributed by atoms with Gasteiger partial charge in [0.05, 0.1) is 18.4 Å². The van der Waals surface area contributed by atoms with E-state index >= 15 is 0 Å². The molecule has 0 saturated heterocycles. The molecule has 0 heterocycles. The maximum absolute atomic E-state index is 13.0. The number of hydrogen-bond acceptors (Lipinski definition) is 4. The maximum atomic E-state index is 13.0. The molecule has 5 nitrogen and oxygen atoms in total. The number of carbonyl (C=O) groups is 1. The molecule has 0 aliphatic heterocycles. The summed E-state index contributed by atoms with van der Waals surface area (Å²) in [6.45, 7) is 3.15. The highest BCUT2D eigenvalue weighted by atomic mass is 32.2. The minimum Gasteiger partial charge on any atom is -0.465 e. The van der Waals surface area contributed by atoms with Gasteiger partial charge in [-0.15, -0.1) is 0 Å². The fourth-order valence-corrected chi connectivity index (χ4v) is 1.30. The number of ether oxygens (including phenoxy) is 1. The molecule has 114 valence electrons. The van der Waals surface area contributed by atoms with Crippen LogP contribution < -0.4 is 0 Å². The van der Waals surface area contributed by atoms with Crippen LogP contribution in [0.4, 0.5) is 17.6 Å². The average Bonchev–Trinajstić information content (AvgIpc) is 2.13. The molecule has 10 heteroatoms. The van der Waals surface area contributed by atoms with Crippen LogP contribution in [0.2, 0.25) is 0 Å². The predicted octanol–water partition coefficient (Wildman–Crippen LogP) is 2.08. The first-order valence-corrected chi connectivity index (χ1v) is 6.47. The normalized spacial score (nSPS) is 14.3. The highest BCUT2D eigenvalue weighted by Gasteiger charge is 2.65. The monoisotopic (exact) mass is 310 g/mol. The van der Waals surface area contributed by atoms with Crippen molar-refractivity contribution < 1.29 is 40.1 Å². The molecule has 0 amide bonds. The number of rotatable bonds is 5. The van der Waals surface area contributed by atoms with Crippen molar-refractivity contribution in [3.63, 3.8) is 0 Å². The van der Waals surface area contributed by atoms with Crippen molar-refractivity contribution in [2.75, 3.05) is 6.61 Å². The molecule has 0 aromatic rings. The molecule has 0 spiro atoms. The van der Waals surface area contributed by atoms with Gasteiger partial charge in [0, 0.05) is 0 Å². The summed E-state index contributed by atoms with van der Waals surface area (Å²) in [5, 5.41) is -5.64. The largest absolute Gasteiger partial charge is 0.465 e. The fourth-order valence-electron chi connectivity index (χ4n) is 0.823. The Labute approximate surface area is 107 Å². The van der Waals surface area contributed by atoms with E-state index in [2.05, 4.69) is 4.74 Å². The molecule has 0 aromatic carbocycles. The van der Waals surface area contributed by atoms with Crippen molar-refractivity contribution >= 4 is 16.1 Å². The van der Waals surface area contributed by atoms with Gasteiger partial charge in [-0.1, -0.05) is 0 Å². The third-order valence-electron chi connectivity index (χ3n) is 2.01. The van der Waals surface area contributed by atoms with E-state index in [1.54, 1.807) is 0 Å². The van der Waals surface area contributed by atoms with E-state index in [4.69, 9.17) is 4.55 Å². The molecule has 0 aromatic heterocycles. The van der Waals surface area contributed by atoms with Crippen LogP contribution in [0.1, 0.15) is 27.2 Å². The Morgan fingerprint density at radius 3 is 1.89 bits per heavy atom. The lowest BCUT2D eigenvalue weighted by molar-refractivity contribution is -0.177. The van der Waals surface area contributed by atoms with Crippen molar-refractivity contribution in [1.82, 2.24) is 0 Å². The van der Waals surface area contributed by atoms with Crippen molar-refractivity contribution in [3.05, 3.63) is 0 Å². The van der Waals surface area contributed by atoms with Gasteiger partial charge in [-0.25, -0.2) is 0 Å². The smallest absolute Gasteiger partial charge is 0.431 e. The zero-order chi connectivity index (χ0) is 15.7. The lowest BCUT2D eigenvalue weighted by Gasteiger charge is -2.24. The zero-order valence-electron chi connectivity index (χ0n) is 10.4. The number of esters is 1. The van der Waals surface area contributed by atoms with E-state index in [0.29, 0.717) is 0 Å². The molecule has 0 saturated carbocycles. The second-order valence-electron chi connectivity index (χ2n) is 4.83. The second kappa shape index (κ2) is 5.23. The Balaban J connectivity index is 4.70. The van der Waals surface area contributed by atoms with E-state index in [1.807, 2.05) is 0 Å². The van der Waals surface area contributed by atoms with Crippen LogP contribution in [0.5, 0.6) is 0 Å². The molecule has 0 rings (SSSR count). The maximum Gasteiger partial charge on any atom is 0.431 e. The Hall–Kier alpha value is -0.900. The molecule has 19 heavy (non-hydrogen) atoms. The van der Waals surface area contributed by atoms with E-state index in [0.717, 1.165) is 0 Å². The van der Waals surface area contributed by atoms with Gasteiger partial charge in [-0.2, -0.15) is 26.0 Å². The standard InChI is InChI=1S/C9H14F4O5S/c1-7(2,3)6(14)18-5-4-8(10,11)9(12,13)19(15,16)17/h4-5H2,1-3H3,(H,15,16,17). The SMILES string of the molecule is CC(C)(C)C(=O)OCCC(F)(F)C(F)(F)S(=O)(=O)O. The molecule has 0 aliphatic rings. The minimum atomic E-state index is -6.26. The van der Waals surface area contributed by atoms with Gasteiger partial charge in [0.25, 0.3) is 0 Å². The van der Waals surface area contributed by atoms with Gasteiger partial charge in [-0.3, -0.25) is 9.35 Å². The van der Waals surface area contributed by atoms with Crippen molar-refractivity contribution in [2.24, 2.45) is 5.41 Å². The van der Waals surface area contributed by atoms with Gasteiger partial charge < -0.3 is 4.74 Å². The highest BCUT2D eigenvalue weighted by Crippen LogP contribution is 2.40. The molecule has 0 radical (unpaired) electrons. The molecule has 0 bridgehead atoms. The predicted molar refractivity (Wildman–Crippen MR) is 56.5 cm³/mol. The molecule has 1 N–H and O–H groups in total. The third kappa shape index (κ3) is 4.30. The first-order valence-electron chi connectivity index (χ1n) is 5.03. The Morgan fingerprint density at radius 2 is 1.58 bits per heavy atom. The van der Waals surface area contributed by atoms with Crippen LogP contribution in [0, 0.1) is 5.41 Å². The van der Waals surface area contributed by atoms with E-state index in [9.17, 15) is 30.8 Å². The number of halogens is 4. The van der Waals surface area contributed by atoms with Gasteiger partial charge in [0.1, 0.15) is 0 Å². The molecule has 0 aliphatic carbocycles. The molecular formula is C9H14F4O5S. The van der Waals surface area contributed by atoms with Crippen molar-refractivity contribution in [1.29, 1.82) is 0 Å². The Bertz CT molecular complexity index is 438. The molecule has 0 fully saturated rings. The lowest BCUT2D eigenvalue weighted by Crippen LogP contribution is -2.47. The van der Waals surface area contributed by atoms with E-state index in [-0.39, 0.29) is 0 Å². The van der Waals surface area contributed by atoms with Crippen molar-refractivity contribution in [2.45, 2.75) is 38.4 Å². The fraction of sp³-hybridized carbons (Fsp3) is 0.889. The zero-order valence-corrected chi connectivity index (χ0v) is 11.2. The summed E-state index contributed by atoms with van der Waals surface area (Å²) in [6, 6.07) is 0. The van der Waals surface area contributed by atoms with Crippen LogP contribution in [0.25, 0.3) is 0 Å². The summed E-state index contributed by atoms with van der Waals surface area (Å²) in [5.41, 5.74) is -1.01. The Kier molecular flexibility index (Phi) is 4.99. The Morgan fingerprint density at radius 1 is 1.16 bits per heavy atom. The first-order chi connectivity index (χ1) is 8.13. The van der Waals surface area contributed by atoms with Crippen molar-refractivity contribution in [3.8, 4) is 0 Å². The highest BCUT2D eigenvalue weighted by molar-refractivity contribution is 7.87. The van der Waals surface area contributed by atoms with Crippen LogP contribution in [0.15, 0.2) is 0 Å². The van der Waals surface area contributed by atoms with Crippen LogP contribution in [-0.2, 0) is 19.6 Å². The van der Waals surface area contributed by atoms with Crippen LogP contribution in [-0.4, -0.2) is 36.7 Å². The number of hydrogen-bond donors (Lipinski definition) is 1. The molecule has 0 atom stereocenters. The van der Waals surface area contributed by atoms with Crippen LogP contribution in [0.3, 0.4) is 0 Å².